The zero-order valence-corrected chi connectivity index (χ0v) is 17.1. The summed E-state index contributed by atoms with van der Waals surface area (Å²) in [6.07, 6.45) is 3.50. The number of pyridine rings is 1. The number of benzene rings is 2. The lowest BCUT2D eigenvalue weighted by Gasteiger charge is -2.03. The molecule has 0 aliphatic carbocycles. The Morgan fingerprint density at radius 2 is 1.83 bits per heavy atom. The van der Waals surface area contributed by atoms with E-state index in [2.05, 4.69) is 5.10 Å². The topological polar surface area (TPSA) is 78.2 Å². The van der Waals surface area contributed by atoms with Gasteiger partial charge in [-0.3, -0.25) is 9.48 Å². The summed E-state index contributed by atoms with van der Waals surface area (Å²) in [4.78, 5) is 12.3. The van der Waals surface area contributed by atoms with Gasteiger partial charge in [-0.2, -0.15) is 14.9 Å². The molecule has 0 amide bonds. The first-order chi connectivity index (χ1) is 14.5. The van der Waals surface area contributed by atoms with E-state index >= 15 is 0 Å². The monoisotopic (exact) mass is 417 g/mol. The summed E-state index contributed by atoms with van der Waals surface area (Å²) in [5.74, 6) is 0.279. The molecule has 4 aromatic rings. The lowest BCUT2D eigenvalue weighted by Crippen LogP contribution is -2.19. The van der Waals surface area contributed by atoms with E-state index < -0.39 is 0 Å². The molecule has 150 valence electrons. The van der Waals surface area contributed by atoms with Gasteiger partial charge in [-0.25, -0.2) is 0 Å². The van der Waals surface area contributed by atoms with Gasteiger partial charge in [0.25, 0.3) is 5.56 Å². The molecule has 0 unspecified atom stereocenters. The van der Waals surface area contributed by atoms with Gasteiger partial charge in [-0.1, -0.05) is 54.1 Å². The van der Waals surface area contributed by atoms with Crippen molar-refractivity contribution in [1.82, 2.24) is 14.5 Å². The van der Waals surface area contributed by atoms with E-state index in [1.54, 1.807) is 12.3 Å². The summed E-state index contributed by atoms with van der Waals surface area (Å²) in [7, 11) is 0. The van der Waals surface area contributed by atoms with Gasteiger partial charge in [0.05, 0.1) is 12.8 Å². The van der Waals surface area contributed by atoms with Gasteiger partial charge < -0.3 is 5.73 Å². The molecule has 2 heterocycles. The molecule has 7 heteroatoms. The second kappa shape index (κ2) is 8.39. The third-order valence-corrected chi connectivity index (χ3v) is 4.84. The van der Waals surface area contributed by atoms with Gasteiger partial charge in [0.15, 0.2) is 0 Å². The fourth-order valence-electron chi connectivity index (χ4n) is 3.18. The summed E-state index contributed by atoms with van der Waals surface area (Å²) in [6.45, 7) is 2.43. The number of nitrogen functional groups attached to an aromatic ring is 1. The van der Waals surface area contributed by atoms with Crippen LogP contribution >= 0.6 is 11.6 Å². The Kier molecular flexibility index (Phi) is 5.50. The Hall–Kier alpha value is -3.64. The highest BCUT2D eigenvalue weighted by atomic mass is 35.5. The zero-order valence-electron chi connectivity index (χ0n) is 16.4. The van der Waals surface area contributed by atoms with Crippen LogP contribution in [-0.4, -0.2) is 20.7 Å². The fourth-order valence-corrected chi connectivity index (χ4v) is 3.30. The van der Waals surface area contributed by atoms with Gasteiger partial charge in [0.2, 0.25) is 0 Å². The van der Waals surface area contributed by atoms with Crippen molar-refractivity contribution in [2.24, 2.45) is 5.10 Å². The third kappa shape index (κ3) is 4.34. The van der Waals surface area contributed by atoms with Crippen LogP contribution in [0.25, 0.3) is 11.3 Å². The van der Waals surface area contributed by atoms with Crippen LogP contribution in [0.2, 0.25) is 5.02 Å². The van der Waals surface area contributed by atoms with Crippen molar-refractivity contribution >= 4 is 23.6 Å². The average molecular weight is 418 g/mol. The van der Waals surface area contributed by atoms with E-state index in [0.29, 0.717) is 11.6 Å². The summed E-state index contributed by atoms with van der Waals surface area (Å²) in [5.41, 5.74) is 10.0. The van der Waals surface area contributed by atoms with Crippen LogP contribution in [0.4, 0.5) is 5.82 Å². The van der Waals surface area contributed by atoms with Gasteiger partial charge in [0, 0.05) is 28.4 Å². The predicted octanol–water partition coefficient (Wildman–Crippen LogP) is 4.19. The minimum Gasteiger partial charge on any atom is -0.384 e. The molecule has 2 aromatic carbocycles. The van der Waals surface area contributed by atoms with Crippen LogP contribution < -0.4 is 11.3 Å². The van der Waals surface area contributed by atoms with Crippen LogP contribution in [0.1, 0.15) is 16.7 Å². The normalized spacial score (nSPS) is 11.3. The van der Waals surface area contributed by atoms with Gasteiger partial charge in [-0.05, 0) is 36.2 Å². The minimum atomic E-state index is -0.284. The van der Waals surface area contributed by atoms with Gasteiger partial charge >= 0.3 is 0 Å². The molecule has 0 saturated heterocycles. The van der Waals surface area contributed by atoms with Crippen LogP contribution in [0, 0.1) is 6.92 Å². The van der Waals surface area contributed by atoms with Gasteiger partial charge in [-0.15, -0.1) is 0 Å². The smallest absolute Gasteiger partial charge is 0.273 e. The number of aryl methyl sites for hydroxylation is 1. The number of anilines is 1. The zero-order chi connectivity index (χ0) is 21.1. The summed E-state index contributed by atoms with van der Waals surface area (Å²) >= 11 is 6.04. The molecule has 2 N–H and O–H groups in total. The summed E-state index contributed by atoms with van der Waals surface area (Å²) in [5, 5.41) is 9.71. The molecule has 30 heavy (non-hydrogen) atoms. The Morgan fingerprint density at radius 3 is 2.53 bits per heavy atom. The van der Waals surface area contributed by atoms with Crippen molar-refractivity contribution < 1.29 is 0 Å². The summed E-state index contributed by atoms with van der Waals surface area (Å²) in [6, 6.07) is 20.7. The first-order valence-corrected chi connectivity index (χ1v) is 9.78. The molecule has 0 aliphatic rings. The second-order valence-corrected chi connectivity index (χ2v) is 7.41. The quantitative estimate of drug-likeness (QED) is 0.494. The van der Waals surface area contributed by atoms with Crippen LogP contribution in [-0.2, 0) is 6.54 Å². The van der Waals surface area contributed by atoms with E-state index in [1.165, 1.54) is 10.7 Å². The van der Waals surface area contributed by atoms with E-state index in [-0.39, 0.29) is 11.4 Å². The molecule has 0 spiro atoms. The third-order valence-electron chi connectivity index (χ3n) is 4.59. The van der Waals surface area contributed by atoms with Crippen molar-refractivity contribution in [3.05, 3.63) is 105 Å². The molecule has 0 aliphatic heterocycles. The Labute approximate surface area is 178 Å². The number of aromatic nitrogens is 3. The highest BCUT2D eigenvalue weighted by molar-refractivity contribution is 6.30. The second-order valence-electron chi connectivity index (χ2n) is 6.98. The lowest BCUT2D eigenvalue weighted by molar-refractivity contribution is 0.689. The van der Waals surface area contributed by atoms with Gasteiger partial charge in [0.1, 0.15) is 11.5 Å². The predicted molar refractivity (Wildman–Crippen MR) is 121 cm³/mol. The first kappa shape index (κ1) is 19.7. The first-order valence-electron chi connectivity index (χ1n) is 9.40. The highest BCUT2D eigenvalue weighted by Gasteiger charge is 2.11. The number of nitrogens with zero attached hydrogens (tertiary/aromatic N) is 4. The van der Waals surface area contributed by atoms with Crippen molar-refractivity contribution in [1.29, 1.82) is 0 Å². The SMILES string of the molecule is Cc1cc(N)n(/N=C\c2cn(Cc3ccccc3)nc2-c2ccc(Cl)cc2)c(=O)c1. The standard InChI is InChI=1S/C23H20ClN5O/c1-16-11-21(25)29(22(30)12-16)26-13-19-15-28(14-17-5-3-2-4-6-17)27-23(19)18-7-9-20(24)10-8-18/h2-13,15H,14,25H2,1H3/b26-13-. The van der Waals surface area contributed by atoms with E-state index in [1.807, 2.05) is 72.4 Å². The maximum atomic E-state index is 12.3. The Bertz CT molecular complexity index is 1260. The van der Waals surface area contributed by atoms with Crippen molar-refractivity contribution in [2.75, 3.05) is 5.73 Å². The van der Waals surface area contributed by atoms with Crippen molar-refractivity contribution in [2.45, 2.75) is 13.5 Å². The Balaban J connectivity index is 1.75. The molecular weight excluding hydrogens is 398 g/mol. The lowest BCUT2D eigenvalue weighted by atomic mass is 10.1. The minimum absolute atomic E-state index is 0.279. The molecule has 6 nitrogen and oxygen atoms in total. The highest BCUT2D eigenvalue weighted by Crippen LogP contribution is 2.23. The summed E-state index contributed by atoms with van der Waals surface area (Å²) < 4.78 is 3.02. The number of rotatable bonds is 5. The largest absolute Gasteiger partial charge is 0.384 e. The molecule has 0 radical (unpaired) electrons. The van der Waals surface area contributed by atoms with E-state index in [4.69, 9.17) is 22.4 Å². The molecule has 2 aromatic heterocycles. The molecule has 0 saturated carbocycles. The molecule has 0 fully saturated rings. The number of halogens is 1. The van der Waals surface area contributed by atoms with Crippen LogP contribution in [0.15, 0.2) is 82.8 Å². The maximum Gasteiger partial charge on any atom is 0.273 e. The van der Waals surface area contributed by atoms with Crippen molar-refractivity contribution in [3.8, 4) is 11.3 Å². The molecular formula is C23H20ClN5O. The van der Waals surface area contributed by atoms with E-state index in [9.17, 15) is 4.79 Å². The maximum absolute atomic E-state index is 12.3. The average Bonchev–Trinajstić information content (AvgIpc) is 3.11. The van der Waals surface area contributed by atoms with Crippen molar-refractivity contribution in [3.63, 3.8) is 0 Å². The number of hydrogen-bond acceptors (Lipinski definition) is 4. The Morgan fingerprint density at radius 1 is 1.10 bits per heavy atom. The molecule has 0 atom stereocenters. The molecule has 0 bridgehead atoms. The van der Waals surface area contributed by atoms with Crippen LogP contribution in [0.3, 0.4) is 0 Å². The van der Waals surface area contributed by atoms with Crippen LogP contribution in [0.5, 0.6) is 0 Å². The van der Waals surface area contributed by atoms with E-state index in [0.717, 1.165) is 27.9 Å². The fraction of sp³-hybridized carbons (Fsp3) is 0.0870. The number of nitrogens with two attached hydrogens (primary N) is 1. The molecule has 4 rings (SSSR count). The number of hydrogen-bond donors (Lipinski definition) is 1.